The first-order valence-electron chi connectivity index (χ1n) is 4.14. The fourth-order valence-electron chi connectivity index (χ4n) is 2.70. The third-order valence-electron chi connectivity index (χ3n) is 3.64. The van der Waals surface area contributed by atoms with E-state index in [1.165, 1.54) is 12.8 Å². The van der Waals surface area contributed by atoms with Crippen LogP contribution in [0.2, 0.25) is 0 Å². The van der Waals surface area contributed by atoms with Crippen LogP contribution in [-0.4, -0.2) is 9.71 Å². The van der Waals surface area contributed by atoms with Crippen LogP contribution in [0.25, 0.3) is 0 Å². The minimum absolute atomic E-state index is 0.371. The first kappa shape index (κ1) is 7.29. The molecule has 0 amide bonds. The van der Waals surface area contributed by atoms with Gasteiger partial charge in [-0.1, -0.05) is 0 Å². The van der Waals surface area contributed by atoms with E-state index < -0.39 is 0 Å². The molecule has 3 rings (SSSR count). The second-order valence-corrected chi connectivity index (χ2v) is 6.08. The van der Waals surface area contributed by atoms with Gasteiger partial charge in [0.05, 0.1) is 0 Å². The van der Waals surface area contributed by atoms with Gasteiger partial charge in [-0.05, 0) is 36.5 Å². The molecule has 0 bridgehead atoms. The lowest BCUT2D eigenvalue weighted by molar-refractivity contribution is 0.457. The zero-order valence-electron chi connectivity index (χ0n) is 5.93. The molecule has 0 aromatic rings. The Morgan fingerprint density at radius 2 is 1.45 bits per heavy atom. The molecule has 3 aliphatic carbocycles. The van der Waals surface area contributed by atoms with Gasteiger partial charge in [0, 0.05) is 5.38 Å². The van der Waals surface area contributed by atoms with Crippen molar-refractivity contribution < 1.29 is 0 Å². The van der Waals surface area contributed by atoms with Crippen LogP contribution in [0.4, 0.5) is 0 Å². The molecule has 0 saturated heterocycles. The van der Waals surface area contributed by atoms with Crippen LogP contribution < -0.4 is 0 Å². The number of halogens is 3. The Balaban J connectivity index is 1.79. The molecule has 0 aromatic carbocycles. The van der Waals surface area contributed by atoms with E-state index in [0.29, 0.717) is 17.2 Å². The Hall–Kier alpha value is 0.870. The first-order valence-corrected chi connectivity index (χ1v) is 5.33. The molecule has 3 saturated carbocycles. The van der Waals surface area contributed by atoms with Gasteiger partial charge >= 0.3 is 0 Å². The highest BCUT2D eigenvalue weighted by molar-refractivity contribution is 6.51. The molecule has 0 N–H and O–H groups in total. The monoisotopic (exact) mass is 210 g/mol. The van der Waals surface area contributed by atoms with E-state index in [9.17, 15) is 0 Å². The molecule has 0 radical (unpaired) electrons. The third-order valence-corrected chi connectivity index (χ3v) is 5.41. The maximum Gasteiger partial charge on any atom is 0.124 e. The largest absolute Gasteiger partial charge is 0.124 e. The lowest BCUT2D eigenvalue weighted by atomic mass is 10.0. The molecule has 0 spiro atoms. The van der Waals surface area contributed by atoms with E-state index in [-0.39, 0.29) is 4.33 Å². The topological polar surface area (TPSA) is 0 Å². The molecule has 3 fully saturated rings. The van der Waals surface area contributed by atoms with Crippen molar-refractivity contribution in [2.45, 2.75) is 22.6 Å². The van der Waals surface area contributed by atoms with Crippen molar-refractivity contribution in [1.82, 2.24) is 0 Å². The summed E-state index contributed by atoms with van der Waals surface area (Å²) in [7, 11) is 0. The average molecular weight is 212 g/mol. The Morgan fingerprint density at radius 1 is 1.00 bits per heavy atom. The van der Waals surface area contributed by atoms with E-state index in [0.717, 1.165) is 11.8 Å². The van der Waals surface area contributed by atoms with Gasteiger partial charge in [0.15, 0.2) is 0 Å². The summed E-state index contributed by atoms with van der Waals surface area (Å²) >= 11 is 18.2. The smallest absolute Gasteiger partial charge is 0.122 e. The average Bonchev–Trinajstić information content (AvgIpc) is 2.75. The van der Waals surface area contributed by atoms with Gasteiger partial charge in [-0.2, -0.15) is 0 Å². The lowest BCUT2D eigenvalue weighted by Crippen LogP contribution is -1.95. The van der Waals surface area contributed by atoms with Crippen LogP contribution in [0.1, 0.15) is 12.8 Å². The third kappa shape index (κ3) is 0.792. The van der Waals surface area contributed by atoms with Crippen molar-refractivity contribution >= 4 is 34.8 Å². The molecule has 11 heavy (non-hydrogen) atoms. The van der Waals surface area contributed by atoms with Crippen LogP contribution in [0.3, 0.4) is 0 Å². The maximum atomic E-state index is 6.07. The fraction of sp³-hybridized carbons (Fsp3) is 1.00. The van der Waals surface area contributed by atoms with Crippen LogP contribution in [-0.2, 0) is 0 Å². The molecule has 0 heterocycles. The van der Waals surface area contributed by atoms with Crippen LogP contribution in [0.5, 0.6) is 0 Å². The number of alkyl halides is 3. The minimum atomic E-state index is -0.371. The number of hydrogen-bond acceptors (Lipinski definition) is 0. The molecule has 3 heteroatoms. The molecule has 0 aliphatic heterocycles. The van der Waals surface area contributed by atoms with Gasteiger partial charge < -0.3 is 0 Å². The van der Waals surface area contributed by atoms with Gasteiger partial charge in [0.25, 0.3) is 0 Å². The van der Waals surface area contributed by atoms with Gasteiger partial charge in [0.1, 0.15) is 4.33 Å². The van der Waals surface area contributed by atoms with Crippen LogP contribution in [0.15, 0.2) is 0 Å². The molecule has 3 aliphatic rings. The Morgan fingerprint density at radius 3 is 1.91 bits per heavy atom. The van der Waals surface area contributed by atoms with E-state index in [1.807, 2.05) is 0 Å². The van der Waals surface area contributed by atoms with E-state index >= 15 is 0 Å². The van der Waals surface area contributed by atoms with Crippen molar-refractivity contribution in [2.24, 2.45) is 23.7 Å². The minimum Gasteiger partial charge on any atom is -0.122 e. The zero-order valence-corrected chi connectivity index (χ0v) is 8.20. The standard InChI is InChI=1S/C8H9Cl3/c9-7-3-1-5-6(2-4(3)7)8(5,10)11/h3-7H,1-2H2/t3-,4+,5-,6+,7?. The zero-order chi connectivity index (χ0) is 7.80. The Kier molecular flexibility index (Phi) is 1.23. The van der Waals surface area contributed by atoms with Crippen LogP contribution >= 0.6 is 34.8 Å². The normalized spacial score (nSPS) is 63.0. The van der Waals surface area contributed by atoms with Crippen molar-refractivity contribution in [3.05, 3.63) is 0 Å². The van der Waals surface area contributed by atoms with Crippen molar-refractivity contribution in [1.29, 1.82) is 0 Å². The summed E-state index contributed by atoms with van der Waals surface area (Å²) in [4.78, 5) is 0. The summed E-state index contributed by atoms with van der Waals surface area (Å²) in [5, 5.41) is 0.451. The van der Waals surface area contributed by atoms with E-state index in [2.05, 4.69) is 0 Å². The quantitative estimate of drug-likeness (QED) is 0.540. The second kappa shape index (κ2) is 1.86. The van der Waals surface area contributed by atoms with Gasteiger partial charge in [-0.25, -0.2) is 0 Å². The predicted octanol–water partition coefficient (Wildman–Crippen LogP) is 3.05. The SMILES string of the molecule is ClC1[C@H]2C[C@H]3[C@@H](C[C@@H]12)C3(Cl)Cl. The summed E-state index contributed by atoms with van der Waals surface area (Å²) < 4.78 is -0.371. The first-order chi connectivity index (χ1) is 5.12. The van der Waals surface area contributed by atoms with Gasteiger partial charge in [-0.15, -0.1) is 34.8 Å². The maximum absolute atomic E-state index is 6.07. The van der Waals surface area contributed by atoms with Crippen molar-refractivity contribution in [3.8, 4) is 0 Å². The lowest BCUT2D eigenvalue weighted by Gasteiger charge is -2.02. The molecule has 62 valence electrons. The number of fused-ring (bicyclic) bond motifs is 2. The number of rotatable bonds is 0. The molecule has 0 nitrogen and oxygen atoms in total. The number of hydrogen-bond donors (Lipinski definition) is 0. The highest BCUT2D eigenvalue weighted by Gasteiger charge is 2.71. The highest BCUT2D eigenvalue weighted by atomic mass is 35.5. The Bertz CT molecular complexity index is 193. The van der Waals surface area contributed by atoms with Crippen molar-refractivity contribution in [3.63, 3.8) is 0 Å². The highest BCUT2D eigenvalue weighted by Crippen LogP contribution is 2.72. The molecule has 0 aromatic heterocycles. The summed E-state index contributed by atoms with van der Waals surface area (Å²) in [6.07, 6.45) is 2.35. The van der Waals surface area contributed by atoms with Gasteiger partial charge in [-0.3, -0.25) is 0 Å². The second-order valence-electron chi connectivity index (χ2n) is 4.13. The molecular formula is C8H9Cl3. The summed E-state index contributed by atoms with van der Waals surface area (Å²) in [5.41, 5.74) is 0. The van der Waals surface area contributed by atoms with E-state index in [1.54, 1.807) is 0 Å². The fourth-order valence-corrected chi connectivity index (χ4v) is 4.03. The summed E-state index contributed by atoms with van der Waals surface area (Å²) in [5.74, 6) is 2.63. The summed E-state index contributed by atoms with van der Waals surface area (Å²) in [6.45, 7) is 0. The summed E-state index contributed by atoms with van der Waals surface area (Å²) in [6, 6.07) is 0. The van der Waals surface area contributed by atoms with Crippen molar-refractivity contribution in [2.75, 3.05) is 0 Å². The molecule has 1 unspecified atom stereocenters. The molecular weight excluding hydrogens is 202 g/mol. The molecule has 5 atom stereocenters. The predicted molar refractivity (Wildman–Crippen MR) is 47.3 cm³/mol. The Labute approximate surface area is 81.2 Å². The van der Waals surface area contributed by atoms with Crippen LogP contribution in [0, 0.1) is 23.7 Å². The van der Waals surface area contributed by atoms with E-state index in [4.69, 9.17) is 34.8 Å². The van der Waals surface area contributed by atoms with Gasteiger partial charge in [0.2, 0.25) is 0 Å².